The molecule has 0 saturated carbocycles. The molecule has 0 aliphatic carbocycles. The SMILES string of the molecule is Cc1ccc(-c2cnc([C@@H]3CCc4cc(-c5cc(Cl)ccc5-n5cnnn5)cc(=O)n43)[nH]2)cc1. The zero-order chi connectivity index (χ0) is 23.2. The minimum atomic E-state index is -0.130. The largest absolute Gasteiger partial charge is 0.340 e. The second-order valence-electron chi connectivity index (χ2n) is 8.46. The minimum Gasteiger partial charge on any atom is -0.340 e. The van der Waals surface area contributed by atoms with Crippen LogP contribution < -0.4 is 5.56 Å². The molecule has 1 N–H and O–H groups in total. The van der Waals surface area contributed by atoms with Crippen LogP contribution in [0.15, 0.2) is 71.9 Å². The van der Waals surface area contributed by atoms with Gasteiger partial charge in [-0.05, 0) is 65.6 Å². The first-order valence-electron chi connectivity index (χ1n) is 11.0. The minimum absolute atomic E-state index is 0.0778. The number of aromatic nitrogens is 7. The van der Waals surface area contributed by atoms with E-state index >= 15 is 0 Å². The summed E-state index contributed by atoms with van der Waals surface area (Å²) in [5.74, 6) is 0.793. The Morgan fingerprint density at radius 1 is 1.06 bits per heavy atom. The number of hydrogen-bond acceptors (Lipinski definition) is 5. The first-order chi connectivity index (χ1) is 16.6. The second kappa shape index (κ2) is 8.07. The van der Waals surface area contributed by atoms with Crippen molar-refractivity contribution in [3.05, 3.63) is 99.6 Å². The number of imidazole rings is 1. The molecule has 0 unspecified atom stereocenters. The molecule has 2 aromatic carbocycles. The molecule has 4 heterocycles. The Hall–Kier alpha value is -4.04. The van der Waals surface area contributed by atoms with Gasteiger partial charge in [-0.15, -0.1) is 5.10 Å². The van der Waals surface area contributed by atoms with Gasteiger partial charge in [0, 0.05) is 22.3 Å². The molecule has 0 saturated heterocycles. The molecule has 3 aromatic heterocycles. The van der Waals surface area contributed by atoms with E-state index in [1.165, 1.54) is 11.9 Å². The fraction of sp³-hybridized carbons (Fsp3) is 0.160. The third kappa shape index (κ3) is 3.52. The highest BCUT2D eigenvalue weighted by atomic mass is 35.5. The van der Waals surface area contributed by atoms with E-state index in [-0.39, 0.29) is 11.6 Å². The molecule has 0 amide bonds. The highest BCUT2D eigenvalue weighted by Gasteiger charge is 2.28. The maximum Gasteiger partial charge on any atom is 0.252 e. The van der Waals surface area contributed by atoms with Crippen molar-refractivity contribution in [2.45, 2.75) is 25.8 Å². The van der Waals surface area contributed by atoms with E-state index in [9.17, 15) is 4.79 Å². The Bertz CT molecular complexity index is 1550. The van der Waals surface area contributed by atoms with Gasteiger partial charge >= 0.3 is 0 Å². The molecule has 8 nitrogen and oxygen atoms in total. The van der Waals surface area contributed by atoms with Crippen molar-refractivity contribution in [3.63, 3.8) is 0 Å². The summed E-state index contributed by atoms with van der Waals surface area (Å²) in [5, 5.41) is 12.0. The molecular formula is C25H20ClN7O. The molecule has 6 rings (SSSR count). The number of rotatable bonds is 4. The fourth-order valence-corrected chi connectivity index (χ4v) is 4.78. The molecule has 5 aromatic rings. The number of nitrogens with zero attached hydrogens (tertiary/aromatic N) is 6. The lowest BCUT2D eigenvalue weighted by Crippen LogP contribution is -2.23. The average Bonchev–Trinajstić information content (AvgIpc) is 3.60. The Morgan fingerprint density at radius 2 is 1.91 bits per heavy atom. The summed E-state index contributed by atoms with van der Waals surface area (Å²) in [6.07, 6.45) is 4.93. The smallest absolute Gasteiger partial charge is 0.252 e. The summed E-state index contributed by atoms with van der Waals surface area (Å²) in [7, 11) is 0. The first kappa shape index (κ1) is 20.6. The summed E-state index contributed by atoms with van der Waals surface area (Å²) in [5.41, 5.74) is 6.43. The van der Waals surface area contributed by atoms with Crippen molar-refractivity contribution in [1.82, 2.24) is 34.7 Å². The number of benzene rings is 2. The van der Waals surface area contributed by atoms with Crippen LogP contribution in [0.4, 0.5) is 0 Å². The van der Waals surface area contributed by atoms with Gasteiger partial charge in [-0.25, -0.2) is 4.98 Å². The van der Waals surface area contributed by atoms with Crippen LogP contribution in [-0.4, -0.2) is 34.7 Å². The van der Waals surface area contributed by atoms with E-state index in [2.05, 4.69) is 56.7 Å². The highest BCUT2D eigenvalue weighted by Crippen LogP contribution is 2.34. The zero-order valence-electron chi connectivity index (χ0n) is 18.3. The maximum absolute atomic E-state index is 13.3. The van der Waals surface area contributed by atoms with Gasteiger partial charge in [-0.3, -0.25) is 4.79 Å². The van der Waals surface area contributed by atoms with E-state index < -0.39 is 0 Å². The second-order valence-corrected chi connectivity index (χ2v) is 8.90. The monoisotopic (exact) mass is 469 g/mol. The number of fused-ring (bicyclic) bond motifs is 1. The van der Waals surface area contributed by atoms with Gasteiger partial charge in [-0.1, -0.05) is 41.4 Å². The molecular weight excluding hydrogens is 450 g/mol. The van der Waals surface area contributed by atoms with Gasteiger partial charge in [0.05, 0.1) is 23.6 Å². The number of aryl methyl sites for hydroxylation is 2. The van der Waals surface area contributed by atoms with E-state index in [1.54, 1.807) is 16.8 Å². The van der Waals surface area contributed by atoms with Crippen molar-refractivity contribution < 1.29 is 0 Å². The van der Waals surface area contributed by atoms with Gasteiger partial charge in [0.1, 0.15) is 12.2 Å². The van der Waals surface area contributed by atoms with Crippen molar-refractivity contribution in [2.75, 3.05) is 0 Å². The summed E-state index contributed by atoms with van der Waals surface area (Å²) < 4.78 is 3.40. The lowest BCUT2D eigenvalue weighted by Gasteiger charge is -2.15. The van der Waals surface area contributed by atoms with E-state index in [0.29, 0.717) is 5.02 Å². The van der Waals surface area contributed by atoms with Crippen molar-refractivity contribution >= 4 is 11.6 Å². The van der Waals surface area contributed by atoms with Gasteiger partial charge in [0.25, 0.3) is 5.56 Å². The van der Waals surface area contributed by atoms with Crippen LogP contribution in [-0.2, 0) is 6.42 Å². The predicted octanol–water partition coefficient (Wildman–Crippen LogP) is 4.38. The van der Waals surface area contributed by atoms with Crippen LogP contribution in [0.25, 0.3) is 28.1 Å². The van der Waals surface area contributed by atoms with E-state index in [4.69, 9.17) is 11.6 Å². The summed E-state index contributed by atoms with van der Waals surface area (Å²) in [4.78, 5) is 21.4. The Morgan fingerprint density at radius 3 is 2.71 bits per heavy atom. The number of nitrogens with one attached hydrogen (secondary N) is 1. The van der Waals surface area contributed by atoms with Crippen LogP contribution in [0.5, 0.6) is 0 Å². The number of halogens is 1. The third-order valence-electron chi connectivity index (χ3n) is 6.27. The molecule has 0 bridgehead atoms. The maximum atomic E-state index is 13.3. The molecule has 0 fully saturated rings. The van der Waals surface area contributed by atoms with E-state index in [1.807, 2.05) is 29.0 Å². The van der Waals surface area contributed by atoms with Gasteiger partial charge in [0.15, 0.2) is 0 Å². The van der Waals surface area contributed by atoms with Crippen LogP contribution in [0.2, 0.25) is 5.02 Å². The molecule has 9 heteroatoms. The Balaban J connectivity index is 1.39. The van der Waals surface area contributed by atoms with Gasteiger partial charge in [0.2, 0.25) is 0 Å². The lowest BCUT2D eigenvalue weighted by atomic mass is 10.0. The van der Waals surface area contributed by atoms with Crippen LogP contribution in [0.1, 0.15) is 29.5 Å². The van der Waals surface area contributed by atoms with E-state index in [0.717, 1.165) is 52.4 Å². The van der Waals surface area contributed by atoms with Crippen molar-refractivity contribution in [1.29, 1.82) is 0 Å². The summed E-state index contributed by atoms with van der Waals surface area (Å²) in [6, 6.07) is 17.3. The summed E-state index contributed by atoms with van der Waals surface area (Å²) in [6.45, 7) is 2.06. The average molecular weight is 470 g/mol. The van der Waals surface area contributed by atoms with Crippen LogP contribution >= 0.6 is 11.6 Å². The standard InChI is InChI=1S/C25H20ClN7O/c1-15-2-4-16(5-3-15)21-13-27-25(29-21)23-9-7-19-10-17(11-24(34)33(19)23)20-12-18(26)6-8-22(20)32-14-28-30-31-32/h2-6,8,10-14,23H,7,9H2,1H3,(H,27,29)/t23-/m0/s1. The number of hydrogen-bond donors (Lipinski definition) is 1. The molecule has 0 radical (unpaired) electrons. The molecule has 1 aliphatic rings. The zero-order valence-corrected chi connectivity index (χ0v) is 19.1. The van der Waals surface area contributed by atoms with Crippen molar-refractivity contribution in [3.8, 4) is 28.1 Å². The normalized spacial score (nSPS) is 14.9. The van der Waals surface area contributed by atoms with Gasteiger partial charge < -0.3 is 9.55 Å². The molecule has 168 valence electrons. The number of pyridine rings is 1. The highest BCUT2D eigenvalue weighted by molar-refractivity contribution is 6.31. The number of aromatic amines is 1. The van der Waals surface area contributed by atoms with Crippen LogP contribution in [0, 0.1) is 6.92 Å². The Labute approximate surface area is 199 Å². The number of H-pyrrole nitrogens is 1. The first-order valence-corrected chi connectivity index (χ1v) is 11.4. The van der Waals surface area contributed by atoms with Gasteiger partial charge in [-0.2, -0.15) is 4.68 Å². The summed E-state index contributed by atoms with van der Waals surface area (Å²) >= 11 is 6.29. The predicted molar refractivity (Wildman–Crippen MR) is 129 cm³/mol. The number of tetrazole rings is 1. The molecule has 34 heavy (non-hydrogen) atoms. The van der Waals surface area contributed by atoms with Crippen molar-refractivity contribution in [2.24, 2.45) is 0 Å². The fourth-order valence-electron chi connectivity index (χ4n) is 4.61. The lowest BCUT2D eigenvalue weighted by molar-refractivity contribution is 0.572. The topological polar surface area (TPSA) is 94.3 Å². The Kier molecular flexibility index (Phi) is 4.88. The van der Waals surface area contributed by atoms with Crippen LogP contribution in [0.3, 0.4) is 0 Å². The quantitative estimate of drug-likeness (QED) is 0.421. The molecule has 1 atom stereocenters. The third-order valence-corrected chi connectivity index (χ3v) is 6.51. The molecule has 1 aliphatic heterocycles. The molecule has 0 spiro atoms.